The van der Waals surface area contributed by atoms with Gasteiger partial charge in [-0.25, -0.2) is 0 Å². The molecular weight excluding hydrogens is 370 g/mol. The summed E-state index contributed by atoms with van der Waals surface area (Å²) in [6.07, 6.45) is 0. The predicted octanol–water partition coefficient (Wildman–Crippen LogP) is 4.72. The molecule has 0 amide bonds. The summed E-state index contributed by atoms with van der Waals surface area (Å²) in [5.74, 6) is 0. The molecule has 1 aromatic heterocycles. The monoisotopic (exact) mass is 377 g/mol. The summed E-state index contributed by atoms with van der Waals surface area (Å²) in [4.78, 5) is 15.1. The van der Waals surface area contributed by atoms with Gasteiger partial charge in [0.25, 0.3) is 5.56 Å². The van der Waals surface area contributed by atoms with Gasteiger partial charge in [-0.2, -0.15) is 0 Å². The molecule has 0 saturated carbocycles. The first kappa shape index (κ1) is 12.6. The molecule has 19 heavy (non-hydrogen) atoms. The van der Waals surface area contributed by atoms with E-state index < -0.39 is 0 Å². The van der Waals surface area contributed by atoms with Gasteiger partial charge in [0, 0.05) is 19.7 Å². The van der Waals surface area contributed by atoms with E-state index in [-0.39, 0.29) is 5.56 Å². The minimum Gasteiger partial charge on any atom is -0.320 e. The number of hydrogen-bond donors (Lipinski definition) is 1. The fraction of sp³-hybridized carbons (Fsp3) is 0. The second-order valence-corrected chi connectivity index (χ2v) is 5.91. The van der Waals surface area contributed by atoms with Gasteiger partial charge in [0.2, 0.25) is 0 Å². The van der Waals surface area contributed by atoms with Gasteiger partial charge in [-0.05, 0) is 39.7 Å². The molecule has 0 atom stereocenters. The molecule has 2 nitrogen and oxygen atoms in total. The van der Waals surface area contributed by atoms with Crippen molar-refractivity contribution in [3.05, 3.63) is 67.8 Å². The Balaban J connectivity index is 2.40. The standard InChI is InChI=1S/C15H9Br2NO/c16-10-6-7-11-12(8-10)13(17)14(18-15(11)19)9-4-2-1-3-5-9/h1-8H,(H,18,19). The van der Waals surface area contributed by atoms with Crippen LogP contribution in [0.5, 0.6) is 0 Å². The molecule has 0 spiro atoms. The SMILES string of the molecule is O=c1[nH]c(-c2ccccc2)c(Br)c2cc(Br)ccc12. The number of fused-ring (bicyclic) bond motifs is 1. The molecule has 4 heteroatoms. The van der Waals surface area contributed by atoms with Crippen LogP contribution < -0.4 is 5.56 Å². The van der Waals surface area contributed by atoms with Gasteiger partial charge in [-0.3, -0.25) is 4.79 Å². The molecule has 0 radical (unpaired) electrons. The third-order valence-corrected chi connectivity index (χ3v) is 4.30. The highest BCUT2D eigenvalue weighted by Gasteiger charge is 2.10. The van der Waals surface area contributed by atoms with Crippen molar-refractivity contribution in [1.82, 2.24) is 4.98 Å². The van der Waals surface area contributed by atoms with Crippen molar-refractivity contribution in [1.29, 1.82) is 0 Å². The van der Waals surface area contributed by atoms with E-state index >= 15 is 0 Å². The lowest BCUT2D eigenvalue weighted by Gasteiger charge is -2.08. The van der Waals surface area contributed by atoms with Crippen molar-refractivity contribution in [2.24, 2.45) is 0 Å². The Hall–Kier alpha value is -1.39. The van der Waals surface area contributed by atoms with Crippen LogP contribution in [-0.4, -0.2) is 4.98 Å². The van der Waals surface area contributed by atoms with Crippen molar-refractivity contribution in [2.75, 3.05) is 0 Å². The third-order valence-electron chi connectivity index (χ3n) is 2.98. The molecular formula is C15H9Br2NO. The molecule has 0 fully saturated rings. The minimum atomic E-state index is -0.0791. The van der Waals surface area contributed by atoms with Crippen LogP contribution in [-0.2, 0) is 0 Å². The van der Waals surface area contributed by atoms with E-state index in [1.54, 1.807) is 0 Å². The zero-order valence-corrected chi connectivity index (χ0v) is 13.0. The molecule has 0 saturated heterocycles. The summed E-state index contributed by atoms with van der Waals surface area (Å²) in [5, 5.41) is 1.58. The number of aromatic amines is 1. The van der Waals surface area contributed by atoms with Crippen molar-refractivity contribution in [3.63, 3.8) is 0 Å². The summed E-state index contributed by atoms with van der Waals surface area (Å²) in [7, 11) is 0. The summed E-state index contributed by atoms with van der Waals surface area (Å²) in [6, 6.07) is 15.4. The smallest absolute Gasteiger partial charge is 0.256 e. The Kier molecular flexibility index (Phi) is 3.29. The van der Waals surface area contributed by atoms with E-state index in [4.69, 9.17) is 0 Å². The van der Waals surface area contributed by atoms with Crippen molar-refractivity contribution in [2.45, 2.75) is 0 Å². The molecule has 3 rings (SSSR count). The lowest BCUT2D eigenvalue weighted by atomic mass is 10.1. The van der Waals surface area contributed by atoms with E-state index in [0.717, 1.165) is 25.6 Å². The van der Waals surface area contributed by atoms with E-state index in [1.807, 2.05) is 48.5 Å². The Morgan fingerprint density at radius 3 is 2.37 bits per heavy atom. The Morgan fingerprint density at radius 1 is 0.895 bits per heavy atom. The van der Waals surface area contributed by atoms with Crippen LogP contribution in [0.15, 0.2) is 62.3 Å². The van der Waals surface area contributed by atoms with Crippen LogP contribution >= 0.6 is 31.9 Å². The number of hydrogen-bond acceptors (Lipinski definition) is 1. The first-order valence-corrected chi connectivity index (χ1v) is 7.32. The van der Waals surface area contributed by atoms with E-state index in [9.17, 15) is 4.79 Å². The number of aromatic nitrogens is 1. The summed E-state index contributed by atoms with van der Waals surface area (Å²) < 4.78 is 1.85. The van der Waals surface area contributed by atoms with Gasteiger partial charge >= 0.3 is 0 Å². The number of rotatable bonds is 1. The van der Waals surface area contributed by atoms with Crippen LogP contribution in [0.4, 0.5) is 0 Å². The van der Waals surface area contributed by atoms with Crippen LogP contribution in [0.3, 0.4) is 0 Å². The molecule has 0 aliphatic carbocycles. The van der Waals surface area contributed by atoms with E-state index in [2.05, 4.69) is 36.8 Å². The van der Waals surface area contributed by atoms with Gasteiger partial charge in [0.1, 0.15) is 0 Å². The first-order chi connectivity index (χ1) is 9.16. The number of pyridine rings is 1. The number of H-pyrrole nitrogens is 1. The number of benzene rings is 2. The second-order valence-electron chi connectivity index (χ2n) is 4.20. The molecule has 94 valence electrons. The van der Waals surface area contributed by atoms with Gasteiger partial charge in [-0.1, -0.05) is 46.3 Å². The molecule has 1 heterocycles. The summed E-state index contributed by atoms with van der Waals surface area (Å²) >= 11 is 7.03. The maximum absolute atomic E-state index is 12.1. The molecule has 0 bridgehead atoms. The van der Waals surface area contributed by atoms with Crippen molar-refractivity contribution in [3.8, 4) is 11.3 Å². The molecule has 0 aliphatic heterocycles. The highest BCUT2D eigenvalue weighted by Crippen LogP contribution is 2.32. The van der Waals surface area contributed by atoms with Gasteiger partial charge in [0.15, 0.2) is 0 Å². The highest BCUT2D eigenvalue weighted by atomic mass is 79.9. The zero-order valence-electron chi connectivity index (χ0n) is 9.78. The third kappa shape index (κ3) is 2.26. The lowest BCUT2D eigenvalue weighted by Crippen LogP contribution is -2.08. The van der Waals surface area contributed by atoms with Crippen LogP contribution in [0, 0.1) is 0 Å². The molecule has 0 aliphatic rings. The van der Waals surface area contributed by atoms with Gasteiger partial charge < -0.3 is 4.98 Å². The maximum Gasteiger partial charge on any atom is 0.256 e. The Labute approximate surface area is 126 Å². The largest absolute Gasteiger partial charge is 0.320 e. The summed E-state index contributed by atoms with van der Waals surface area (Å²) in [5.41, 5.74) is 1.70. The number of nitrogens with one attached hydrogen (secondary N) is 1. The number of halogens is 2. The Bertz CT molecular complexity index is 809. The average Bonchev–Trinajstić information content (AvgIpc) is 2.43. The zero-order chi connectivity index (χ0) is 13.4. The van der Waals surface area contributed by atoms with Crippen molar-refractivity contribution < 1.29 is 0 Å². The normalized spacial score (nSPS) is 10.8. The fourth-order valence-electron chi connectivity index (χ4n) is 2.07. The topological polar surface area (TPSA) is 32.9 Å². The minimum absolute atomic E-state index is 0.0791. The second kappa shape index (κ2) is 4.94. The van der Waals surface area contributed by atoms with Gasteiger partial charge in [-0.15, -0.1) is 0 Å². The molecule has 0 unspecified atom stereocenters. The van der Waals surface area contributed by atoms with Gasteiger partial charge in [0.05, 0.1) is 5.69 Å². The van der Waals surface area contributed by atoms with Crippen molar-refractivity contribution >= 4 is 42.6 Å². The highest BCUT2D eigenvalue weighted by molar-refractivity contribution is 9.11. The molecule has 2 aromatic carbocycles. The van der Waals surface area contributed by atoms with E-state index in [1.165, 1.54) is 0 Å². The average molecular weight is 379 g/mol. The Morgan fingerprint density at radius 2 is 1.63 bits per heavy atom. The fourth-order valence-corrected chi connectivity index (χ4v) is 3.09. The van der Waals surface area contributed by atoms with Crippen LogP contribution in [0.25, 0.3) is 22.0 Å². The first-order valence-electron chi connectivity index (χ1n) is 5.73. The van der Waals surface area contributed by atoms with E-state index in [0.29, 0.717) is 5.39 Å². The maximum atomic E-state index is 12.1. The quantitative estimate of drug-likeness (QED) is 0.652. The molecule has 1 N–H and O–H groups in total. The van der Waals surface area contributed by atoms with Crippen LogP contribution in [0.2, 0.25) is 0 Å². The van der Waals surface area contributed by atoms with Crippen LogP contribution in [0.1, 0.15) is 0 Å². The lowest BCUT2D eigenvalue weighted by molar-refractivity contribution is 1.26. The molecule has 3 aromatic rings. The summed E-state index contributed by atoms with van der Waals surface area (Å²) in [6.45, 7) is 0. The predicted molar refractivity (Wildman–Crippen MR) is 85.4 cm³/mol.